The summed E-state index contributed by atoms with van der Waals surface area (Å²) in [5, 5.41) is 17.3. The van der Waals surface area contributed by atoms with Crippen molar-refractivity contribution in [1.29, 1.82) is 0 Å². The summed E-state index contributed by atoms with van der Waals surface area (Å²) in [6.07, 6.45) is 9.73. The Morgan fingerprint density at radius 2 is 1.44 bits per heavy atom. The van der Waals surface area contributed by atoms with Gasteiger partial charge in [-0.1, -0.05) is 45.4 Å². The minimum absolute atomic E-state index is 0.162. The maximum atomic E-state index is 10.9. The fraction of sp³-hybridized carbons (Fsp3) is 0.619. The Morgan fingerprint density at radius 3 is 1.96 bits per heavy atom. The molecule has 1 atom stereocenters. The van der Waals surface area contributed by atoms with Crippen LogP contribution in [0.2, 0.25) is 0 Å². The van der Waals surface area contributed by atoms with Crippen LogP contribution in [0.1, 0.15) is 81.5 Å². The third kappa shape index (κ3) is 11.2. The van der Waals surface area contributed by atoms with Crippen molar-refractivity contribution in [3.05, 3.63) is 29.8 Å². The van der Waals surface area contributed by atoms with Gasteiger partial charge in [-0.3, -0.25) is 0 Å². The molecule has 0 aliphatic heterocycles. The van der Waals surface area contributed by atoms with Crippen LogP contribution in [0.5, 0.6) is 5.75 Å². The molecule has 1 rings (SSSR count). The maximum Gasteiger partial charge on any atom is 0.505 e. The van der Waals surface area contributed by atoms with Crippen molar-refractivity contribution in [2.45, 2.75) is 77.2 Å². The molecular formula is C21H32O6. The van der Waals surface area contributed by atoms with Gasteiger partial charge in [-0.2, -0.15) is 0 Å². The standard InChI is InChI=1S/C21H32O6/c1-2-18(27-19-14-12-17(13-15-19)20(22)23)11-9-7-5-3-4-6-8-10-16-26-21(24)25/h12-15,18H,2-11,16H2,1H3,(H,22,23)(H,24,25). The molecule has 6 heteroatoms. The highest BCUT2D eigenvalue weighted by atomic mass is 16.7. The van der Waals surface area contributed by atoms with Crippen molar-refractivity contribution in [2.24, 2.45) is 0 Å². The highest BCUT2D eigenvalue weighted by Gasteiger charge is 2.09. The SMILES string of the molecule is CCC(CCCCCCCCCCOC(=O)O)Oc1ccc(C(=O)O)cc1. The van der Waals surface area contributed by atoms with Gasteiger partial charge in [-0.25, -0.2) is 9.59 Å². The van der Waals surface area contributed by atoms with Gasteiger partial charge in [0.1, 0.15) is 5.75 Å². The van der Waals surface area contributed by atoms with Gasteiger partial charge in [0.2, 0.25) is 0 Å². The van der Waals surface area contributed by atoms with E-state index in [0.29, 0.717) is 6.61 Å². The highest BCUT2D eigenvalue weighted by Crippen LogP contribution is 2.19. The van der Waals surface area contributed by atoms with Crippen LogP contribution in [-0.2, 0) is 4.74 Å². The molecule has 152 valence electrons. The average molecular weight is 380 g/mol. The van der Waals surface area contributed by atoms with Gasteiger partial charge in [-0.05, 0) is 49.9 Å². The van der Waals surface area contributed by atoms with Crippen LogP contribution in [-0.4, -0.2) is 35.0 Å². The first kappa shape index (κ1) is 22.8. The molecule has 0 amide bonds. The number of hydrogen-bond acceptors (Lipinski definition) is 4. The summed E-state index contributed by atoms with van der Waals surface area (Å²) in [5.41, 5.74) is 0.268. The van der Waals surface area contributed by atoms with Crippen molar-refractivity contribution < 1.29 is 29.3 Å². The largest absolute Gasteiger partial charge is 0.505 e. The summed E-state index contributed by atoms with van der Waals surface area (Å²) in [6, 6.07) is 6.57. The molecule has 27 heavy (non-hydrogen) atoms. The number of carbonyl (C=O) groups is 2. The first-order valence-corrected chi connectivity index (χ1v) is 9.88. The predicted octanol–water partition coefficient (Wildman–Crippen LogP) is 5.75. The van der Waals surface area contributed by atoms with Crippen molar-refractivity contribution in [1.82, 2.24) is 0 Å². The molecule has 0 aliphatic rings. The van der Waals surface area contributed by atoms with Crippen molar-refractivity contribution in [2.75, 3.05) is 6.61 Å². The fourth-order valence-electron chi connectivity index (χ4n) is 2.91. The molecule has 0 bridgehead atoms. The second-order valence-corrected chi connectivity index (χ2v) is 6.71. The van der Waals surface area contributed by atoms with Crippen LogP contribution in [0.25, 0.3) is 0 Å². The molecule has 0 radical (unpaired) electrons. The fourth-order valence-corrected chi connectivity index (χ4v) is 2.91. The number of aromatic carboxylic acids is 1. The first-order valence-electron chi connectivity index (χ1n) is 9.88. The molecule has 6 nitrogen and oxygen atoms in total. The number of unbranched alkanes of at least 4 members (excludes halogenated alkanes) is 7. The Balaban J connectivity index is 2.05. The molecule has 1 aromatic rings. The topological polar surface area (TPSA) is 93.1 Å². The molecule has 0 fully saturated rings. The van der Waals surface area contributed by atoms with Crippen LogP contribution in [0.15, 0.2) is 24.3 Å². The Hall–Kier alpha value is -2.24. The summed E-state index contributed by atoms with van der Waals surface area (Å²) in [5.74, 6) is -0.207. The quantitative estimate of drug-likeness (QED) is 0.297. The summed E-state index contributed by atoms with van der Waals surface area (Å²) in [4.78, 5) is 21.1. The summed E-state index contributed by atoms with van der Waals surface area (Å²) in [7, 11) is 0. The second-order valence-electron chi connectivity index (χ2n) is 6.71. The van der Waals surface area contributed by atoms with Gasteiger partial charge < -0.3 is 19.7 Å². The Morgan fingerprint density at radius 1 is 0.889 bits per heavy atom. The Bertz CT molecular complexity index is 540. The zero-order valence-electron chi connectivity index (χ0n) is 16.2. The molecule has 0 aliphatic carbocycles. The normalized spacial score (nSPS) is 11.7. The van der Waals surface area contributed by atoms with Gasteiger partial charge >= 0.3 is 12.1 Å². The van der Waals surface area contributed by atoms with Gasteiger partial charge in [0, 0.05) is 0 Å². The summed E-state index contributed by atoms with van der Waals surface area (Å²) in [6.45, 7) is 2.40. The predicted molar refractivity (Wildman–Crippen MR) is 104 cm³/mol. The van der Waals surface area contributed by atoms with Crippen molar-refractivity contribution in [3.63, 3.8) is 0 Å². The molecule has 0 heterocycles. The van der Waals surface area contributed by atoms with E-state index in [2.05, 4.69) is 11.7 Å². The van der Waals surface area contributed by atoms with Gasteiger partial charge in [-0.15, -0.1) is 0 Å². The van der Waals surface area contributed by atoms with E-state index in [-0.39, 0.29) is 11.7 Å². The lowest BCUT2D eigenvalue weighted by molar-refractivity contribution is 0.0696. The second kappa shape index (κ2) is 13.9. The van der Waals surface area contributed by atoms with E-state index in [1.807, 2.05) is 0 Å². The van der Waals surface area contributed by atoms with Gasteiger partial charge in [0.25, 0.3) is 0 Å². The number of carboxylic acid groups (broad SMARTS) is 2. The van der Waals surface area contributed by atoms with Crippen molar-refractivity contribution >= 4 is 12.1 Å². The van der Waals surface area contributed by atoms with E-state index in [1.54, 1.807) is 24.3 Å². The minimum atomic E-state index is -1.19. The smallest absolute Gasteiger partial charge is 0.490 e. The zero-order valence-corrected chi connectivity index (χ0v) is 16.2. The molecule has 0 spiro atoms. The number of carboxylic acids is 1. The first-order chi connectivity index (χ1) is 13.0. The maximum absolute atomic E-state index is 10.9. The van der Waals surface area contributed by atoms with Gasteiger partial charge in [0.15, 0.2) is 0 Å². The molecule has 0 saturated heterocycles. The van der Waals surface area contributed by atoms with Crippen LogP contribution in [0, 0.1) is 0 Å². The monoisotopic (exact) mass is 380 g/mol. The van der Waals surface area contributed by atoms with Gasteiger partial charge in [0.05, 0.1) is 18.3 Å². The number of hydrogen-bond donors (Lipinski definition) is 2. The van der Waals surface area contributed by atoms with E-state index in [4.69, 9.17) is 14.9 Å². The lowest BCUT2D eigenvalue weighted by atomic mass is 10.0. The van der Waals surface area contributed by atoms with E-state index >= 15 is 0 Å². The summed E-state index contributed by atoms with van der Waals surface area (Å²) >= 11 is 0. The van der Waals surface area contributed by atoms with Crippen LogP contribution in [0.3, 0.4) is 0 Å². The van der Waals surface area contributed by atoms with Crippen LogP contribution >= 0.6 is 0 Å². The number of ether oxygens (including phenoxy) is 2. The highest BCUT2D eigenvalue weighted by molar-refractivity contribution is 5.87. The zero-order chi connectivity index (χ0) is 19.9. The third-order valence-corrected chi connectivity index (χ3v) is 4.51. The number of rotatable bonds is 15. The van der Waals surface area contributed by atoms with E-state index < -0.39 is 12.1 Å². The Labute approximate surface area is 161 Å². The van der Waals surface area contributed by atoms with Crippen molar-refractivity contribution in [3.8, 4) is 5.75 Å². The minimum Gasteiger partial charge on any atom is -0.490 e. The van der Waals surface area contributed by atoms with Crippen LogP contribution < -0.4 is 4.74 Å². The molecule has 0 aromatic heterocycles. The Kier molecular flexibility index (Phi) is 11.7. The molecule has 0 saturated carbocycles. The molecule has 1 unspecified atom stereocenters. The molecular weight excluding hydrogens is 348 g/mol. The lowest BCUT2D eigenvalue weighted by Crippen LogP contribution is -2.15. The lowest BCUT2D eigenvalue weighted by Gasteiger charge is -2.17. The van der Waals surface area contributed by atoms with E-state index in [9.17, 15) is 9.59 Å². The van der Waals surface area contributed by atoms with E-state index in [1.165, 1.54) is 25.7 Å². The molecule has 1 aromatic carbocycles. The molecule has 2 N–H and O–H groups in total. The number of benzene rings is 1. The van der Waals surface area contributed by atoms with Crippen LogP contribution in [0.4, 0.5) is 4.79 Å². The average Bonchev–Trinajstić information content (AvgIpc) is 2.65. The summed E-state index contributed by atoms with van der Waals surface area (Å²) < 4.78 is 10.4. The third-order valence-electron chi connectivity index (χ3n) is 4.51. The van der Waals surface area contributed by atoms with E-state index in [0.717, 1.165) is 44.3 Å².